The summed E-state index contributed by atoms with van der Waals surface area (Å²) in [5.74, 6) is -1.62. The Kier molecular flexibility index (Phi) is 8.00. The predicted molar refractivity (Wildman–Crippen MR) is 138 cm³/mol. The van der Waals surface area contributed by atoms with Crippen LogP contribution in [0, 0.1) is 11.8 Å². The number of fused-ring (bicyclic) bond motifs is 2. The number of hydrogen-bond donors (Lipinski definition) is 3. The number of benzene rings is 3. The fourth-order valence-corrected chi connectivity index (χ4v) is 4.92. The van der Waals surface area contributed by atoms with Crippen molar-refractivity contribution < 1.29 is 19.6 Å². The van der Waals surface area contributed by atoms with Gasteiger partial charge in [0.05, 0.1) is 0 Å². The fraction of sp³-hybridized carbons (Fsp3) is 0.345. The second kappa shape index (κ2) is 11.4. The standard InChI is InChI=1S/C29H33N3O4/c1-19(2)13-25(16-27(33)31-36)28(34)30-26(15-20-11-12-21-7-3-4-8-22(21)14-20)29(35)32-17-23-9-5-6-10-24(23)18-32/h3-12,14,19,25-26,36H,13,15-18H2,1-2H3,(H,30,34)(H,31,33)/t25?,26-/m0/s1. The molecule has 0 aromatic heterocycles. The molecule has 2 atom stereocenters. The van der Waals surface area contributed by atoms with E-state index in [-0.39, 0.29) is 24.2 Å². The summed E-state index contributed by atoms with van der Waals surface area (Å²) < 4.78 is 0. The lowest BCUT2D eigenvalue weighted by atomic mass is 9.92. The summed E-state index contributed by atoms with van der Waals surface area (Å²) in [6.45, 7) is 4.94. The maximum absolute atomic E-state index is 13.7. The van der Waals surface area contributed by atoms with Crippen molar-refractivity contribution in [2.45, 2.75) is 52.2 Å². The highest BCUT2D eigenvalue weighted by atomic mass is 16.5. The highest BCUT2D eigenvalue weighted by molar-refractivity contribution is 5.91. The molecule has 7 heteroatoms. The summed E-state index contributed by atoms with van der Waals surface area (Å²) in [6, 6.07) is 21.3. The maximum atomic E-state index is 13.7. The molecule has 0 fully saturated rings. The molecule has 0 aliphatic carbocycles. The molecule has 1 heterocycles. The van der Waals surface area contributed by atoms with Gasteiger partial charge in [-0.2, -0.15) is 0 Å². The van der Waals surface area contributed by atoms with Crippen LogP contribution in [-0.4, -0.2) is 33.9 Å². The van der Waals surface area contributed by atoms with E-state index in [4.69, 9.17) is 5.21 Å². The molecule has 3 N–H and O–H groups in total. The van der Waals surface area contributed by atoms with E-state index >= 15 is 0 Å². The van der Waals surface area contributed by atoms with Crippen LogP contribution in [0.25, 0.3) is 10.8 Å². The first-order valence-electron chi connectivity index (χ1n) is 12.4. The molecular formula is C29H33N3O4. The van der Waals surface area contributed by atoms with Gasteiger partial charge in [-0.3, -0.25) is 19.6 Å². The zero-order chi connectivity index (χ0) is 25.7. The van der Waals surface area contributed by atoms with Gasteiger partial charge in [-0.15, -0.1) is 0 Å². The van der Waals surface area contributed by atoms with Crippen LogP contribution in [0.3, 0.4) is 0 Å². The van der Waals surface area contributed by atoms with Gasteiger partial charge in [-0.1, -0.05) is 80.6 Å². The summed E-state index contributed by atoms with van der Waals surface area (Å²) in [7, 11) is 0. The van der Waals surface area contributed by atoms with E-state index in [1.54, 1.807) is 10.4 Å². The monoisotopic (exact) mass is 487 g/mol. The molecule has 3 aromatic rings. The fourth-order valence-electron chi connectivity index (χ4n) is 4.92. The normalized spacial score (nSPS) is 14.4. The van der Waals surface area contributed by atoms with E-state index in [2.05, 4.69) is 5.32 Å². The highest BCUT2D eigenvalue weighted by Gasteiger charge is 2.32. The average Bonchev–Trinajstić information content (AvgIpc) is 3.31. The van der Waals surface area contributed by atoms with Crippen molar-refractivity contribution in [1.82, 2.24) is 15.7 Å². The molecule has 4 rings (SSSR count). The first kappa shape index (κ1) is 25.4. The van der Waals surface area contributed by atoms with E-state index in [0.717, 1.165) is 27.5 Å². The Bertz CT molecular complexity index is 1230. The summed E-state index contributed by atoms with van der Waals surface area (Å²) in [5.41, 5.74) is 4.78. The number of hydrogen-bond acceptors (Lipinski definition) is 4. The largest absolute Gasteiger partial charge is 0.344 e. The zero-order valence-corrected chi connectivity index (χ0v) is 20.7. The van der Waals surface area contributed by atoms with Gasteiger partial charge >= 0.3 is 0 Å². The third-order valence-electron chi connectivity index (χ3n) is 6.70. The predicted octanol–water partition coefficient (Wildman–Crippen LogP) is 3.97. The minimum atomic E-state index is -0.778. The van der Waals surface area contributed by atoms with Crippen molar-refractivity contribution in [2.24, 2.45) is 11.8 Å². The van der Waals surface area contributed by atoms with Crippen LogP contribution in [0.15, 0.2) is 66.7 Å². The van der Waals surface area contributed by atoms with Crippen molar-refractivity contribution >= 4 is 28.5 Å². The number of carbonyl (C=O) groups is 3. The van der Waals surface area contributed by atoms with Crippen molar-refractivity contribution in [2.75, 3.05) is 0 Å². The Morgan fingerprint density at radius 1 is 0.917 bits per heavy atom. The van der Waals surface area contributed by atoms with Crippen LogP contribution < -0.4 is 10.8 Å². The molecule has 0 spiro atoms. The van der Waals surface area contributed by atoms with Gasteiger partial charge in [0.2, 0.25) is 17.7 Å². The maximum Gasteiger partial charge on any atom is 0.246 e. The molecule has 0 saturated heterocycles. The minimum absolute atomic E-state index is 0.146. The molecule has 7 nitrogen and oxygen atoms in total. The van der Waals surface area contributed by atoms with Crippen LogP contribution in [0.2, 0.25) is 0 Å². The number of carbonyl (C=O) groups excluding carboxylic acids is 3. The second-order valence-electron chi connectivity index (χ2n) is 9.98. The van der Waals surface area contributed by atoms with Gasteiger partial charge in [0, 0.05) is 31.8 Å². The van der Waals surface area contributed by atoms with Gasteiger partial charge in [-0.25, -0.2) is 5.48 Å². The van der Waals surface area contributed by atoms with E-state index in [1.807, 2.05) is 80.6 Å². The summed E-state index contributed by atoms with van der Waals surface area (Å²) >= 11 is 0. The smallest absolute Gasteiger partial charge is 0.246 e. The Morgan fingerprint density at radius 3 is 2.19 bits per heavy atom. The quantitative estimate of drug-likeness (QED) is 0.314. The molecule has 0 bridgehead atoms. The number of hydroxylamine groups is 1. The van der Waals surface area contributed by atoms with Crippen LogP contribution in [0.1, 0.15) is 43.4 Å². The number of nitrogens with one attached hydrogen (secondary N) is 2. The van der Waals surface area contributed by atoms with Gasteiger partial charge < -0.3 is 10.2 Å². The molecule has 3 amide bonds. The summed E-state index contributed by atoms with van der Waals surface area (Å²) in [6.07, 6.45) is 0.653. The van der Waals surface area contributed by atoms with Crippen LogP contribution in [-0.2, 0) is 33.9 Å². The third kappa shape index (κ3) is 6.10. The topological polar surface area (TPSA) is 98.7 Å². The number of nitrogens with zero attached hydrogens (tertiary/aromatic N) is 1. The van der Waals surface area contributed by atoms with E-state index in [0.29, 0.717) is 25.9 Å². The second-order valence-corrected chi connectivity index (χ2v) is 9.98. The van der Waals surface area contributed by atoms with Gasteiger partial charge in [0.15, 0.2) is 0 Å². The van der Waals surface area contributed by atoms with Crippen molar-refractivity contribution in [3.63, 3.8) is 0 Å². The van der Waals surface area contributed by atoms with Crippen LogP contribution >= 0.6 is 0 Å². The SMILES string of the molecule is CC(C)CC(CC(=O)NO)C(=O)N[C@@H](Cc1ccc2ccccc2c1)C(=O)N1Cc2ccccc2C1. The molecule has 188 valence electrons. The number of amides is 3. The lowest BCUT2D eigenvalue weighted by Gasteiger charge is -2.27. The average molecular weight is 488 g/mol. The van der Waals surface area contributed by atoms with Crippen molar-refractivity contribution in [1.29, 1.82) is 0 Å². The van der Waals surface area contributed by atoms with E-state index < -0.39 is 17.9 Å². The molecule has 1 unspecified atom stereocenters. The molecule has 3 aromatic carbocycles. The molecule has 36 heavy (non-hydrogen) atoms. The molecule has 0 saturated carbocycles. The number of rotatable bonds is 9. The van der Waals surface area contributed by atoms with Crippen molar-refractivity contribution in [3.8, 4) is 0 Å². The van der Waals surface area contributed by atoms with Gasteiger partial charge in [0.25, 0.3) is 0 Å². The first-order chi connectivity index (χ1) is 17.3. The van der Waals surface area contributed by atoms with Crippen molar-refractivity contribution in [3.05, 3.63) is 83.4 Å². The van der Waals surface area contributed by atoms with E-state index in [9.17, 15) is 14.4 Å². The molecule has 0 radical (unpaired) electrons. The van der Waals surface area contributed by atoms with Gasteiger partial charge in [-0.05, 0) is 39.8 Å². The Hall–Kier alpha value is -3.71. The first-order valence-corrected chi connectivity index (χ1v) is 12.4. The highest BCUT2D eigenvalue weighted by Crippen LogP contribution is 2.25. The lowest BCUT2D eigenvalue weighted by molar-refractivity contribution is -0.139. The van der Waals surface area contributed by atoms with Gasteiger partial charge in [0.1, 0.15) is 6.04 Å². The Balaban J connectivity index is 1.58. The third-order valence-corrected chi connectivity index (χ3v) is 6.70. The van der Waals surface area contributed by atoms with E-state index in [1.165, 1.54) is 0 Å². The Morgan fingerprint density at radius 2 is 1.56 bits per heavy atom. The summed E-state index contributed by atoms with van der Waals surface area (Å²) in [5, 5.41) is 14.1. The lowest BCUT2D eigenvalue weighted by Crippen LogP contribution is -2.50. The van der Waals surface area contributed by atoms with Crippen LogP contribution in [0.5, 0.6) is 0 Å². The zero-order valence-electron chi connectivity index (χ0n) is 20.7. The molecular weight excluding hydrogens is 454 g/mol. The summed E-state index contributed by atoms with van der Waals surface area (Å²) in [4.78, 5) is 40.7. The Labute approximate surface area is 211 Å². The van der Waals surface area contributed by atoms with Crippen LogP contribution in [0.4, 0.5) is 0 Å². The minimum Gasteiger partial charge on any atom is -0.344 e. The molecule has 1 aliphatic heterocycles. The molecule has 1 aliphatic rings.